The minimum atomic E-state index is -0.0810. The van der Waals surface area contributed by atoms with Crippen molar-refractivity contribution in [2.45, 2.75) is 26.7 Å². The highest BCUT2D eigenvalue weighted by Gasteiger charge is 2.12. The molecule has 2 aromatic rings. The lowest BCUT2D eigenvalue weighted by atomic mass is 10.0. The second kappa shape index (κ2) is 6.21. The topological polar surface area (TPSA) is 93.6 Å². The lowest BCUT2D eigenvalue weighted by Gasteiger charge is -2.13. The molecule has 0 aliphatic rings. The molecule has 0 amide bonds. The van der Waals surface area contributed by atoms with Crippen LogP contribution in [0.5, 0.6) is 11.8 Å². The van der Waals surface area contributed by atoms with Crippen LogP contribution in [0.1, 0.15) is 36.7 Å². The first-order chi connectivity index (χ1) is 10.0. The zero-order valence-electron chi connectivity index (χ0n) is 12.2. The quantitative estimate of drug-likeness (QED) is 0.390. The molecule has 1 aromatic carbocycles. The van der Waals surface area contributed by atoms with Crippen LogP contribution in [0.15, 0.2) is 35.5 Å². The van der Waals surface area contributed by atoms with E-state index in [2.05, 4.69) is 29.0 Å². The van der Waals surface area contributed by atoms with Crippen LogP contribution in [0.3, 0.4) is 0 Å². The normalized spacial score (nSPS) is 11.7. The zero-order valence-corrected chi connectivity index (χ0v) is 12.2. The molecule has 0 atom stereocenters. The third kappa shape index (κ3) is 3.47. The Morgan fingerprint density at radius 2 is 2.00 bits per heavy atom. The van der Waals surface area contributed by atoms with Crippen molar-refractivity contribution in [3.8, 4) is 11.8 Å². The van der Waals surface area contributed by atoms with Crippen LogP contribution < -0.4 is 10.5 Å². The van der Waals surface area contributed by atoms with Gasteiger partial charge in [-0.1, -0.05) is 37.2 Å². The fourth-order valence-electron chi connectivity index (χ4n) is 1.92. The summed E-state index contributed by atoms with van der Waals surface area (Å²) in [4.78, 5) is 8.37. The molecule has 0 radical (unpaired) electrons. The second-order valence-electron chi connectivity index (χ2n) is 4.96. The number of aromatic nitrogens is 2. The average molecular weight is 286 g/mol. The number of hydrogen-bond donors (Lipinski definition) is 2. The Kier molecular flexibility index (Phi) is 4.37. The Bertz CT molecular complexity index is 668. The van der Waals surface area contributed by atoms with Crippen LogP contribution in [-0.2, 0) is 0 Å². The van der Waals surface area contributed by atoms with Gasteiger partial charge in [-0.3, -0.25) is 0 Å². The van der Waals surface area contributed by atoms with E-state index < -0.39 is 0 Å². The smallest absolute Gasteiger partial charge is 0.322 e. The lowest BCUT2D eigenvalue weighted by molar-refractivity contribution is 0.318. The lowest BCUT2D eigenvalue weighted by Crippen LogP contribution is -2.16. The molecule has 0 fully saturated rings. The maximum absolute atomic E-state index is 8.74. The Morgan fingerprint density at radius 1 is 1.29 bits per heavy atom. The number of oxime groups is 1. The maximum Gasteiger partial charge on any atom is 0.322 e. The number of amidine groups is 1. The second-order valence-corrected chi connectivity index (χ2v) is 4.96. The molecule has 0 unspecified atom stereocenters. The standard InChI is InChI=1S/C15H18N4O2/c1-9(2)11-6-4-5-7-13(11)21-15-17-10(3)8-12(18-15)14(16)19-20/h4-9,20H,1-3H3,(H2,16,19). The van der Waals surface area contributed by atoms with Crippen LogP contribution in [-0.4, -0.2) is 21.0 Å². The van der Waals surface area contributed by atoms with E-state index in [0.29, 0.717) is 23.1 Å². The van der Waals surface area contributed by atoms with E-state index in [1.54, 1.807) is 13.0 Å². The van der Waals surface area contributed by atoms with E-state index in [-0.39, 0.29) is 11.8 Å². The first-order valence-electron chi connectivity index (χ1n) is 6.61. The minimum Gasteiger partial charge on any atom is -0.424 e. The van der Waals surface area contributed by atoms with Crippen LogP contribution in [0.25, 0.3) is 0 Å². The van der Waals surface area contributed by atoms with Gasteiger partial charge in [0.2, 0.25) is 0 Å². The van der Waals surface area contributed by atoms with Gasteiger partial charge in [0.1, 0.15) is 11.4 Å². The van der Waals surface area contributed by atoms with Gasteiger partial charge in [-0.2, -0.15) is 4.98 Å². The molecule has 0 saturated heterocycles. The number of nitrogens with zero attached hydrogens (tertiary/aromatic N) is 3. The Morgan fingerprint density at radius 3 is 2.67 bits per heavy atom. The minimum absolute atomic E-state index is 0.0810. The van der Waals surface area contributed by atoms with E-state index in [0.717, 1.165) is 5.56 Å². The molecule has 0 aliphatic heterocycles. The number of para-hydroxylation sites is 1. The molecule has 0 spiro atoms. The molecule has 21 heavy (non-hydrogen) atoms. The maximum atomic E-state index is 8.74. The van der Waals surface area contributed by atoms with Gasteiger partial charge < -0.3 is 15.7 Å². The number of aryl methyl sites for hydroxylation is 1. The fourth-order valence-corrected chi connectivity index (χ4v) is 1.92. The third-order valence-corrected chi connectivity index (χ3v) is 2.95. The van der Waals surface area contributed by atoms with E-state index in [1.807, 2.05) is 24.3 Å². The van der Waals surface area contributed by atoms with Crippen molar-refractivity contribution in [2.75, 3.05) is 0 Å². The molecule has 6 nitrogen and oxygen atoms in total. The molecular formula is C15H18N4O2. The van der Waals surface area contributed by atoms with Crippen molar-refractivity contribution in [3.05, 3.63) is 47.3 Å². The summed E-state index contributed by atoms with van der Waals surface area (Å²) >= 11 is 0. The van der Waals surface area contributed by atoms with E-state index >= 15 is 0 Å². The highest BCUT2D eigenvalue weighted by atomic mass is 16.5. The molecular weight excluding hydrogens is 268 g/mol. The predicted octanol–water partition coefficient (Wildman–Crippen LogP) is 2.80. The predicted molar refractivity (Wildman–Crippen MR) is 79.9 cm³/mol. The monoisotopic (exact) mass is 286 g/mol. The van der Waals surface area contributed by atoms with Crippen molar-refractivity contribution in [3.63, 3.8) is 0 Å². The summed E-state index contributed by atoms with van der Waals surface area (Å²) in [6.45, 7) is 5.96. The highest BCUT2D eigenvalue weighted by molar-refractivity contribution is 5.95. The Balaban J connectivity index is 2.38. The molecule has 0 aliphatic carbocycles. The summed E-state index contributed by atoms with van der Waals surface area (Å²) in [6, 6.07) is 9.51. The molecule has 1 aromatic heterocycles. The largest absolute Gasteiger partial charge is 0.424 e. The summed E-state index contributed by atoms with van der Waals surface area (Å²) in [6.07, 6.45) is 0. The summed E-state index contributed by atoms with van der Waals surface area (Å²) < 4.78 is 5.77. The zero-order chi connectivity index (χ0) is 15.4. The van der Waals surface area contributed by atoms with Crippen molar-refractivity contribution in [1.82, 2.24) is 9.97 Å². The van der Waals surface area contributed by atoms with Gasteiger partial charge in [-0.05, 0) is 30.5 Å². The summed E-state index contributed by atoms with van der Waals surface area (Å²) in [5.74, 6) is 0.931. The molecule has 6 heteroatoms. The van der Waals surface area contributed by atoms with Crippen LogP contribution in [0, 0.1) is 6.92 Å². The fraction of sp³-hybridized carbons (Fsp3) is 0.267. The average Bonchev–Trinajstić information content (AvgIpc) is 2.46. The molecule has 3 N–H and O–H groups in total. The highest BCUT2D eigenvalue weighted by Crippen LogP contribution is 2.28. The molecule has 2 rings (SSSR count). The van der Waals surface area contributed by atoms with Crippen molar-refractivity contribution in [2.24, 2.45) is 10.9 Å². The Hall–Kier alpha value is -2.63. The third-order valence-electron chi connectivity index (χ3n) is 2.95. The van der Waals surface area contributed by atoms with E-state index in [1.165, 1.54) is 0 Å². The van der Waals surface area contributed by atoms with Crippen LogP contribution in [0.4, 0.5) is 0 Å². The van der Waals surface area contributed by atoms with Gasteiger partial charge in [0.25, 0.3) is 0 Å². The molecule has 0 bridgehead atoms. The van der Waals surface area contributed by atoms with Crippen molar-refractivity contribution < 1.29 is 9.94 Å². The van der Waals surface area contributed by atoms with Crippen molar-refractivity contribution >= 4 is 5.84 Å². The van der Waals surface area contributed by atoms with Gasteiger partial charge in [0.05, 0.1) is 0 Å². The molecule has 110 valence electrons. The summed E-state index contributed by atoms with van der Waals surface area (Å²) in [5, 5.41) is 11.7. The number of benzene rings is 1. The van der Waals surface area contributed by atoms with E-state index in [4.69, 9.17) is 15.7 Å². The van der Waals surface area contributed by atoms with Crippen LogP contribution >= 0.6 is 0 Å². The van der Waals surface area contributed by atoms with Gasteiger partial charge >= 0.3 is 6.01 Å². The van der Waals surface area contributed by atoms with Crippen LogP contribution in [0.2, 0.25) is 0 Å². The summed E-state index contributed by atoms with van der Waals surface area (Å²) in [7, 11) is 0. The SMILES string of the molecule is Cc1cc(/C(N)=N/O)nc(Oc2ccccc2C(C)C)n1. The van der Waals surface area contributed by atoms with Gasteiger partial charge in [0.15, 0.2) is 5.84 Å². The van der Waals surface area contributed by atoms with E-state index in [9.17, 15) is 0 Å². The van der Waals surface area contributed by atoms with Crippen molar-refractivity contribution in [1.29, 1.82) is 0 Å². The number of nitrogens with two attached hydrogens (primary N) is 1. The van der Waals surface area contributed by atoms with Gasteiger partial charge in [0, 0.05) is 5.69 Å². The first kappa shape index (κ1) is 14.8. The number of rotatable bonds is 4. The number of ether oxygens (including phenoxy) is 1. The van der Waals surface area contributed by atoms with Gasteiger partial charge in [-0.15, -0.1) is 0 Å². The summed E-state index contributed by atoms with van der Waals surface area (Å²) in [5.41, 5.74) is 7.61. The number of hydrogen-bond acceptors (Lipinski definition) is 5. The first-order valence-corrected chi connectivity index (χ1v) is 6.61. The molecule has 1 heterocycles. The van der Waals surface area contributed by atoms with Gasteiger partial charge in [-0.25, -0.2) is 4.98 Å². The Labute approximate surface area is 123 Å². The molecule has 0 saturated carbocycles.